The molecule has 1 saturated heterocycles. The number of furan rings is 1. The van der Waals surface area contributed by atoms with Gasteiger partial charge >= 0.3 is 0 Å². The van der Waals surface area contributed by atoms with Gasteiger partial charge in [0.25, 0.3) is 0 Å². The van der Waals surface area contributed by atoms with E-state index in [1.165, 1.54) is 0 Å². The number of fused-ring (bicyclic) bond motifs is 1. The third-order valence-electron chi connectivity index (χ3n) is 5.08. The predicted octanol–water partition coefficient (Wildman–Crippen LogP) is 2.16. The van der Waals surface area contributed by atoms with E-state index in [2.05, 4.69) is 22.0 Å². The molecule has 2 aromatic rings. The lowest BCUT2D eigenvalue weighted by atomic mass is 10.0. The van der Waals surface area contributed by atoms with Gasteiger partial charge in [0, 0.05) is 44.0 Å². The first-order chi connectivity index (χ1) is 13.8. The van der Waals surface area contributed by atoms with Gasteiger partial charge < -0.3 is 25.1 Å². The van der Waals surface area contributed by atoms with Crippen molar-refractivity contribution in [3.05, 3.63) is 54.0 Å². The van der Waals surface area contributed by atoms with Crippen molar-refractivity contribution in [2.24, 2.45) is 4.99 Å². The van der Waals surface area contributed by atoms with E-state index in [0.717, 1.165) is 42.3 Å². The summed E-state index contributed by atoms with van der Waals surface area (Å²) in [6.07, 6.45) is 4.63. The van der Waals surface area contributed by atoms with Gasteiger partial charge in [-0.15, -0.1) is 0 Å². The third kappa shape index (κ3) is 4.65. The molecule has 1 amide bonds. The molecular formula is C21H26N4O3. The number of piperidine rings is 1. The summed E-state index contributed by atoms with van der Waals surface area (Å²) in [5.74, 6) is 2.71. The predicted molar refractivity (Wildman–Crippen MR) is 106 cm³/mol. The molecule has 0 saturated carbocycles. The summed E-state index contributed by atoms with van der Waals surface area (Å²) in [5.41, 5.74) is 1.14. The summed E-state index contributed by atoms with van der Waals surface area (Å²) in [7, 11) is 0. The summed E-state index contributed by atoms with van der Waals surface area (Å²) in [5, 5.41) is 9.97. The number of nitrogens with one attached hydrogen (secondary N) is 3. The highest BCUT2D eigenvalue weighted by Crippen LogP contribution is 2.31. The smallest absolute Gasteiger partial charge is 0.220 e. The minimum atomic E-state index is 0.112. The molecule has 3 N–H and O–H groups in total. The van der Waals surface area contributed by atoms with Crippen LogP contribution in [0.1, 0.15) is 36.6 Å². The second kappa shape index (κ2) is 8.82. The average molecular weight is 382 g/mol. The maximum atomic E-state index is 11.4. The van der Waals surface area contributed by atoms with Crippen LogP contribution in [0.3, 0.4) is 0 Å². The highest BCUT2D eigenvalue weighted by atomic mass is 16.5. The first-order valence-corrected chi connectivity index (χ1v) is 9.86. The SMILES string of the molecule is O=C1CCC(NC(=NCCc2ccco2)NC2CCOc3ccccc32)CN1. The van der Waals surface area contributed by atoms with Crippen molar-refractivity contribution in [1.82, 2.24) is 16.0 Å². The number of guanidine groups is 1. The van der Waals surface area contributed by atoms with Crippen LogP contribution in [0.2, 0.25) is 0 Å². The van der Waals surface area contributed by atoms with E-state index < -0.39 is 0 Å². The number of aliphatic imine (C=N–C) groups is 1. The average Bonchev–Trinajstić information content (AvgIpc) is 3.23. The molecule has 28 heavy (non-hydrogen) atoms. The minimum Gasteiger partial charge on any atom is -0.493 e. The molecular weight excluding hydrogens is 356 g/mol. The summed E-state index contributed by atoms with van der Waals surface area (Å²) < 4.78 is 11.2. The summed E-state index contributed by atoms with van der Waals surface area (Å²) in [6.45, 7) is 1.91. The van der Waals surface area contributed by atoms with Crippen molar-refractivity contribution in [3.8, 4) is 5.75 Å². The highest BCUT2D eigenvalue weighted by Gasteiger charge is 2.24. The summed E-state index contributed by atoms with van der Waals surface area (Å²) >= 11 is 0. The van der Waals surface area contributed by atoms with E-state index in [9.17, 15) is 4.79 Å². The number of rotatable bonds is 5. The second-order valence-electron chi connectivity index (χ2n) is 7.12. The van der Waals surface area contributed by atoms with Gasteiger partial charge in [-0.05, 0) is 24.6 Å². The zero-order valence-corrected chi connectivity index (χ0v) is 15.8. The molecule has 2 aliphatic rings. The van der Waals surface area contributed by atoms with Gasteiger partial charge in [-0.2, -0.15) is 0 Å². The van der Waals surface area contributed by atoms with Crippen LogP contribution >= 0.6 is 0 Å². The van der Waals surface area contributed by atoms with E-state index in [1.807, 2.05) is 30.3 Å². The van der Waals surface area contributed by atoms with Crippen molar-refractivity contribution in [1.29, 1.82) is 0 Å². The Morgan fingerprint density at radius 2 is 2.11 bits per heavy atom. The van der Waals surface area contributed by atoms with Crippen LogP contribution < -0.4 is 20.7 Å². The van der Waals surface area contributed by atoms with E-state index in [-0.39, 0.29) is 18.0 Å². The molecule has 0 aliphatic carbocycles. The molecule has 4 rings (SSSR count). The Bertz CT molecular complexity index is 809. The van der Waals surface area contributed by atoms with Crippen LogP contribution in [-0.2, 0) is 11.2 Å². The molecule has 3 heterocycles. The molecule has 0 bridgehead atoms. The molecule has 7 heteroatoms. The zero-order chi connectivity index (χ0) is 19.2. The number of amides is 1. The van der Waals surface area contributed by atoms with Crippen molar-refractivity contribution in [2.45, 2.75) is 37.8 Å². The molecule has 0 radical (unpaired) electrons. The Hall–Kier alpha value is -2.96. The molecule has 2 unspecified atom stereocenters. The van der Waals surface area contributed by atoms with Crippen molar-refractivity contribution < 1.29 is 13.9 Å². The van der Waals surface area contributed by atoms with Crippen LogP contribution in [0.25, 0.3) is 0 Å². The van der Waals surface area contributed by atoms with Gasteiger partial charge in [0.05, 0.1) is 18.9 Å². The quantitative estimate of drug-likeness (QED) is 0.545. The number of carbonyl (C=O) groups is 1. The number of para-hydroxylation sites is 1. The minimum absolute atomic E-state index is 0.112. The summed E-state index contributed by atoms with van der Waals surface area (Å²) in [6, 6.07) is 12.3. The fourth-order valence-electron chi connectivity index (χ4n) is 3.57. The Morgan fingerprint density at radius 3 is 2.93 bits per heavy atom. The van der Waals surface area contributed by atoms with Crippen LogP contribution in [0.15, 0.2) is 52.1 Å². The Balaban J connectivity index is 1.45. The van der Waals surface area contributed by atoms with E-state index in [1.54, 1.807) is 6.26 Å². The standard InChI is InChI=1S/C21H26N4O3/c26-20-8-7-15(14-23-20)24-21(22-11-9-16-4-3-12-27-16)25-18-10-13-28-19-6-2-1-5-17(18)19/h1-6,12,15,18H,7-11,13-14H2,(H,23,26)(H2,22,24,25). The fraction of sp³-hybridized carbons (Fsp3) is 0.429. The molecule has 1 aromatic carbocycles. The largest absolute Gasteiger partial charge is 0.493 e. The molecule has 2 aliphatic heterocycles. The second-order valence-corrected chi connectivity index (χ2v) is 7.12. The van der Waals surface area contributed by atoms with Crippen LogP contribution in [0.5, 0.6) is 5.75 Å². The normalized spacial score (nSPS) is 22.0. The zero-order valence-electron chi connectivity index (χ0n) is 15.8. The first-order valence-electron chi connectivity index (χ1n) is 9.86. The van der Waals surface area contributed by atoms with Crippen molar-refractivity contribution in [2.75, 3.05) is 19.7 Å². The number of hydrogen-bond donors (Lipinski definition) is 3. The van der Waals surface area contributed by atoms with Gasteiger partial charge in [0.1, 0.15) is 11.5 Å². The lowest BCUT2D eigenvalue weighted by Gasteiger charge is -2.30. The first kappa shape index (κ1) is 18.4. The monoisotopic (exact) mass is 382 g/mol. The lowest BCUT2D eigenvalue weighted by molar-refractivity contribution is -0.122. The Kier molecular flexibility index (Phi) is 5.80. The van der Waals surface area contributed by atoms with Gasteiger partial charge in [0.2, 0.25) is 5.91 Å². The number of benzene rings is 1. The number of ether oxygens (including phenoxy) is 1. The van der Waals surface area contributed by atoms with Gasteiger partial charge in [-0.1, -0.05) is 18.2 Å². The van der Waals surface area contributed by atoms with E-state index in [0.29, 0.717) is 26.1 Å². The molecule has 2 atom stereocenters. The van der Waals surface area contributed by atoms with Crippen molar-refractivity contribution >= 4 is 11.9 Å². The highest BCUT2D eigenvalue weighted by molar-refractivity contribution is 5.82. The topological polar surface area (TPSA) is 87.9 Å². The van der Waals surface area contributed by atoms with Crippen LogP contribution in [-0.4, -0.2) is 37.6 Å². The fourth-order valence-corrected chi connectivity index (χ4v) is 3.57. The van der Waals surface area contributed by atoms with E-state index >= 15 is 0 Å². The maximum absolute atomic E-state index is 11.4. The molecule has 1 fully saturated rings. The summed E-state index contributed by atoms with van der Waals surface area (Å²) in [4.78, 5) is 16.2. The van der Waals surface area contributed by atoms with E-state index in [4.69, 9.17) is 14.1 Å². The van der Waals surface area contributed by atoms with Crippen LogP contribution in [0.4, 0.5) is 0 Å². The van der Waals surface area contributed by atoms with Crippen molar-refractivity contribution in [3.63, 3.8) is 0 Å². The number of hydrogen-bond acceptors (Lipinski definition) is 4. The van der Waals surface area contributed by atoms with Gasteiger partial charge in [0.15, 0.2) is 5.96 Å². The van der Waals surface area contributed by atoms with Gasteiger partial charge in [-0.25, -0.2) is 0 Å². The Morgan fingerprint density at radius 1 is 1.18 bits per heavy atom. The number of nitrogens with zero attached hydrogens (tertiary/aromatic N) is 1. The third-order valence-corrected chi connectivity index (χ3v) is 5.08. The Labute approximate surface area is 164 Å². The van der Waals surface area contributed by atoms with Gasteiger partial charge in [-0.3, -0.25) is 9.79 Å². The maximum Gasteiger partial charge on any atom is 0.220 e. The lowest BCUT2D eigenvalue weighted by Crippen LogP contribution is -2.52. The molecule has 7 nitrogen and oxygen atoms in total. The molecule has 148 valence electrons. The number of carbonyl (C=O) groups excluding carboxylic acids is 1. The molecule has 0 spiro atoms. The molecule has 1 aromatic heterocycles. The van der Waals surface area contributed by atoms with Crippen LogP contribution in [0, 0.1) is 0 Å².